The maximum absolute atomic E-state index is 13.3. The van der Waals surface area contributed by atoms with E-state index in [9.17, 15) is 4.79 Å². The van der Waals surface area contributed by atoms with Crippen LogP contribution in [0.15, 0.2) is 0 Å². The molecule has 1 aliphatic carbocycles. The van der Waals surface area contributed by atoms with Crippen LogP contribution >= 0.6 is 0 Å². The third-order valence-corrected chi connectivity index (χ3v) is 5.61. The molecule has 1 amide bonds. The Balaban J connectivity index is 2.11. The van der Waals surface area contributed by atoms with Gasteiger partial charge in [0.1, 0.15) is 0 Å². The molecule has 7 heteroatoms. The van der Waals surface area contributed by atoms with E-state index in [2.05, 4.69) is 12.0 Å². The van der Waals surface area contributed by atoms with Crippen molar-refractivity contribution in [3.63, 3.8) is 0 Å². The van der Waals surface area contributed by atoms with Crippen molar-refractivity contribution >= 4 is 5.91 Å². The number of carbonyl (C=O) groups excluding carboxylic acids is 1. The van der Waals surface area contributed by atoms with E-state index in [1.807, 2.05) is 30.5 Å². The lowest BCUT2D eigenvalue weighted by Crippen LogP contribution is -2.47. The zero-order valence-corrected chi connectivity index (χ0v) is 17.5. The summed E-state index contributed by atoms with van der Waals surface area (Å²) < 4.78 is 13.0. The van der Waals surface area contributed by atoms with E-state index in [4.69, 9.17) is 15.2 Å². The number of nitrogens with two attached hydrogens (primary N) is 1. The second-order valence-corrected chi connectivity index (χ2v) is 7.61. The molecule has 0 spiro atoms. The topological polar surface area (TPSA) is 82.6 Å². The highest BCUT2D eigenvalue weighted by Gasteiger charge is 2.35. The van der Waals surface area contributed by atoms with Gasteiger partial charge in [-0.3, -0.25) is 9.48 Å². The van der Waals surface area contributed by atoms with Gasteiger partial charge < -0.3 is 20.1 Å². The van der Waals surface area contributed by atoms with Crippen LogP contribution in [0.25, 0.3) is 0 Å². The standard InChI is InChI=1S/C20H36N4O3/c1-6-10-27-19-12-16(7-8-18(19)21)20(25)24(9-11-26-5)13-17-14(2)22-23(4)15(17)3/h16,18-19H,6-13,21H2,1-5H3/t16-,18+,19+/m0/s1. The van der Waals surface area contributed by atoms with Gasteiger partial charge in [0.05, 0.1) is 18.4 Å². The molecule has 2 rings (SSSR count). The summed E-state index contributed by atoms with van der Waals surface area (Å²) in [6, 6.07) is 0.0239. The van der Waals surface area contributed by atoms with Crippen LogP contribution in [0.5, 0.6) is 0 Å². The number of ether oxygens (including phenoxy) is 2. The first kappa shape index (κ1) is 21.9. The van der Waals surface area contributed by atoms with Crippen molar-refractivity contribution in [2.75, 3.05) is 26.9 Å². The average Bonchev–Trinajstić information content (AvgIpc) is 2.89. The second-order valence-electron chi connectivity index (χ2n) is 7.61. The molecule has 2 N–H and O–H groups in total. The summed E-state index contributed by atoms with van der Waals surface area (Å²) in [7, 11) is 3.60. The monoisotopic (exact) mass is 380 g/mol. The molecule has 0 saturated heterocycles. The highest BCUT2D eigenvalue weighted by atomic mass is 16.5. The van der Waals surface area contributed by atoms with Gasteiger partial charge in [0.15, 0.2) is 0 Å². The zero-order valence-electron chi connectivity index (χ0n) is 17.5. The lowest BCUT2D eigenvalue weighted by atomic mass is 9.83. The first-order valence-corrected chi connectivity index (χ1v) is 10.0. The number of amides is 1. The summed E-state index contributed by atoms with van der Waals surface area (Å²) in [4.78, 5) is 15.2. The smallest absolute Gasteiger partial charge is 0.226 e. The van der Waals surface area contributed by atoms with Gasteiger partial charge in [0.2, 0.25) is 5.91 Å². The number of rotatable bonds is 9. The molecule has 1 fully saturated rings. The summed E-state index contributed by atoms with van der Waals surface area (Å²) in [5.74, 6) is 0.132. The van der Waals surface area contributed by atoms with E-state index in [-0.39, 0.29) is 24.0 Å². The largest absolute Gasteiger partial charge is 0.383 e. The normalized spacial score (nSPS) is 22.8. The molecule has 154 valence electrons. The van der Waals surface area contributed by atoms with E-state index in [0.29, 0.717) is 32.7 Å². The Hall–Kier alpha value is -1.44. The first-order valence-electron chi connectivity index (χ1n) is 10.0. The van der Waals surface area contributed by atoms with Gasteiger partial charge >= 0.3 is 0 Å². The van der Waals surface area contributed by atoms with Crippen LogP contribution in [0.1, 0.15) is 49.6 Å². The van der Waals surface area contributed by atoms with E-state index in [0.717, 1.165) is 36.2 Å². The Bertz CT molecular complexity index is 617. The third-order valence-electron chi connectivity index (χ3n) is 5.61. The molecule has 3 atom stereocenters. The number of methoxy groups -OCH3 is 1. The Kier molecular flexibility index (Phi) is 8.26. The van der Waals surface area contributed by atoms with Crippen molar-refractivity contribution in [2.24, 2.45) is 18.7 Å². The van der Waals surface area contributed by atoms with Crippen LogP contribution in [0.4, 0.5) is 0 Å². The second kappa shape index (κ2) is 10.2. The van der Waals surface area contributed by atoms with Gasteiger partial charge in [0.25, 0.3) is 0 Å². The summed E-state index contributed by atoms with van der Waals surface area (Å²) in [6.45, 7) is 8.48. The van der Waals surface area contributed by atoms with Crippen LogP contribution in [-0.4, -0.2) is 59.6 Å². The molecule has 1 saturated carbocycles. The summed E-state index contributed by atoms with van der Waals surface area (Å²) in [5.41, 5.74) is 9.41. The summed E-state index contributed by atoms with van der Waals surface area (Å²) in [6.07, 6.45) is 3.28. The van der Waals surface area contributed by atoms with E-state index < -0.39 is 0 Å². The molecule has 0 bridgehead atoms. The van der Waals surface area contributed by atoms with Crippen molar-refractivity contribution in [3.8, 4) is 0 Å². The lowest BCUT2D eigenvalue weighted by Gasteiger charge is -2.36. The number of hydrogen-bond donors (Lipinski definition) is 1. The van der Waals surface area contributed by atoms with Gasteiger partial charge in [-0.05, 0) is 39.5 Å². The van der Waals surface area contributed by atoms with Crippen molar-refractivity contribution < 1.29 is 14.3 Å². The van der Waals surface area contributed by atoms with Gasteiger partial charge in [-0.2, -0.15) is 5.10 Å². The fraction of sp³-hybridized carbons (Fsp3) is 0.800. The van der Waals surface area contributed by atoms with Gasteiger partial charge in [0, 0.05) is 57.1 Å². The first-order chi connectivity index (χ1) is 12.9. The fourth-order valence-electron chi connectivity index (χ4n) is 3.80. The minimum atomic E-state index is -0.0409. The Labute approximate surface area is 163 Å². The summed E-state index contributed by atoms with van der Waals surface area (Å²) in [5, 5.41) is 4.48. The maximum Gasteiger partial charge on any atom is 0.226 e. The van der Waals surface area contributed by atoms with Crippen LogP contribution in [0, 0.1) is 19.8 Å². The molecule has 1 aromatic rings. The number of aromatic nitrogens is 2. The van der Waals surface area contributed by atoms with E-state index in [1.54, 1.807) is 7.11 Å². The quantitative estimate of drug-likeness (QED) is 0.708. The number of aryl methyl sites for hydroxylation is 2. The molecule has 0 radical (unpaired) electrons. The lowest BCUT2D eigenvalue weighted by molar-refractivity contribution is -0.140. The number of carbonyl (C=O) groups is 1. The van der Waals surface area contributed by atoms with Crippen LogP contribution in [0.2, 0.25) is 0 Å². The van der Waals surface area contributed by atoms with E-state index in [1.165, 1.54) is 0 Å². The Morgan fingerprint density at radius 3 is 2.67 bits per heavy atom. The Morgan fingerprint density at radius 1 is 1.33 bits per heavy atom. The minimum Gasteiger partial charge on any atom is -0.383 e. The molecule has 1 aromatic heterocycles. The van der Waals surface area contributed by atoms with Gasteiger partial charge in [-0.25, -0.2) is 0 Å². The van der Waals surface area contributed by atoms with E-state index >= 15 is 0 Å². The van der Waals surface area contributed by atoms with Gasteiger partial charge in [-0.1, -0.05) is 6.92 Å². The predicted molar refractivity (Wildman–Crippen MR) is 105 cm³/mol. The molecule has 0 aromatic carbocycles. The molecule has 0 aliphatic heterocycles. The van der Waals surface area contributed by atoms with Crippen LogP contribution in [-0.2, 0) is 27.9 Å². The van der Waals surface area contributed by atoms with Crippen LogP contribution in [0.3, 0.4) is 0 Å². The van der Waals surface area contributed by atoms with Crippen molar-refractivity contribution in [1.82, 2.24) is 14.7 Å². The van der Waals surface area contributed by atoms with Gasteiger partial charge in [-0.15, -0.1) is 0 Å². The third kappa shape index (κ3) is 5.53. The van der Waals surface area contributed by atoms with Crippen molar-refractivity contribution in [3.05, 3.63) is 17.0 Å². The number of nitrogens with zero attached hydrogens (tertiary/aromatic N) is 3. The highest BCUT2D eigenvalue weighted by Crippen LogP contribution is 2.28. The molecule has 1 aliphatic rings. The maximum atomic E-state index is 13.3. The molecule has 0 unspecified atom stereocenters. The summed E-state index contributed by atoms with van der Waals surface area (Å²) >= 11 is 0. The van der Waals surface area contributed by atoms with Crippen molar-refractivity contribution in [2.45, 2.75) is 65.1 Å². The molecular weight excluding hydrogens is 344 g/mol. The highest BCUT2D eigenvalue weighted by molar-refractivity contribution is 5.79. The average molecular weight is 381 g/mol. The molecule has 27 heavy (non-hydrogen) atoms. The molecule has 1 heterocycles. The van der Waals surface area contributed by atoms with Crippen molar-refractivity contribution in [1.29, 1.82) is 0 Å². The number of hydrogen-bond acceptors (Lipinski definition) is 5. The molecular formula is C20H36N4O3. The molecule has 7 nitrogen and oxygen atoms in total. The SMILES string of the molecule is CCCO[C@@H]1C[C@@H](C(=O)N(CCOC)Cc2c(C)nn(C)c2C)CC[C@H]1N. The Morgan fingerprint density at radius 2 is 2.07 bits per heavy atom. The van der Waals surface area contributed by atoms with Crippen LogP contribution < -0.4 is 5.73 Å². The fourth-order valence-corrected chi connectivity index (χ4v) is 3.80. The minimum absolute atomic E-state index is 0.0239. The predicted octanol–water partition coefficient (Wildman–Crippen LogP) is 1.93. The zero-order chi connectivity index (χ0) is 20.0.